The van der Waals surface area contributed by atoms with Crippen LogP contribution in [0.15, 0.2) is 54.4 Å². The normalized spacial score (nSPS) is 14.6. The van der Waals surface area contributed by atoms with Gasteiger partial charge in [-0.1, -0.05) is 24.3 Å². The van der Waals surface area contributed by atoms with Gasteiger partial charge in [0.15, 0.2) is 0 Å². The highest BCUT2D eigenvalue weighted by atomic mass is 16.5. The zero-order valence-corrected chi connectivity index (χ0v) is 16.0. The van der Waals surface area contributed by atoms with Crippen LogP contribution >= 0.6 is 0 Å². The zero-order valence-electron chi connectivity index (χ0n) is 16.0. The number of rotatable bonds is 4. The molecule has 0 bridgehead atoms. The molecule has 0 spiro atoms. The second kappa shape index (κ2) is 6.34. The number of allylic oxidation sites excluding steroid dienone is 3. The number of carbonyl (C=O) groups excluding carboxylic acids is 1. The van der Waals surface area contributed by atoms with Crippen LogP contribution in [-0.4, -0.2) is 35.0 Å². The van der Waals surface area contributed by atoms with E-state index in [-0.39, 0.29) is 5.91 Å². The van der Waals surface area contributed by atoms with E-state index >= 15 is 0 Å². The summed E-state index contributed by atoms with van der Waals surface area (Å²) in [7, 11) is 3.16. The molecule has 0 atom stereocenters. The quantitative estimate of drug-likeness (QED) is 0.740. The summed E-state index contributed by atoms with van der Waals surface area (Å²) in [4.78, 5) is 23.8. The number of nitrogen functional groups attached to an aromatic ring is 1. The number of nitrogens with two attached hydrogens (primary N) is 1. The number of fused-ring (bicyclic) bond motifs is 2. The minimum absolute atomic E-state index is 0.117. The molecule has 29 heavy (non-hydrogen) atoms. The number of benzene rings is 1. The summed E-state index contributed by atoms with van der Waals surface area (Å²) in [5.74, 6) is 0.951. The SMILES string of the molecule is COc1cnc(OC)c(-c2cccc3c(N)c4c(nc23)CN(C2=CC=C2)C4=O)c1. The Kier molecular flexibility index (Phi) is 3.77. The van der Waals surface area contributed by atoms with Gasteiger partial charge in [-0.05, 0) is 18.2 Å². The van der Waals surface area contributed by atoms with Crippen LogP contribution < -0.4 is 15.2 Å². The topological polar surface area (TPSA) is 90.6 Å². The lowest BCUT2D eigenvalue weighted by molar-refractivity contribution is 0.0831. The Balaban J connectivity index is 1.73. The maximum Gasteiger partial charge on any atom is 0.262 e. The average Bonchev–Trinajstić information content (AvgIpc) is 3.02. The first-order valence-electron chi connectivity index (χ1n) is 9.12. The number of ether oxygens (including phenoxy) is 2. The summed E-state index contributed by atoms with van der Waals surface area (Å²) in [5.41, 5.74) is 11.2. The van der Waals surface area contributed by atoms with Crippen LogP contribution in [0.5, 0.6) is 11.6 Å². The number of amides is 1. The van der Waals surface area contributed by atoms with E-state index in [0.29, 0.717) is 40.6 Å². The third-order valence-corrected chi connectivity index (χ3v) is 5.29. The third-order valence-electron chi connectivity index (χ3n) is 5.29. The number of hydrogen-bond donors (Lipinski definition) is 1. The van der Waals surface area contributed by atoms with Gasteiger partial charge in [-0.25, -0.2) is 9.97 Å². The first-order valence-corrected chi connectivity index (χ1v) is 9.12. The first-order chi connectivity index (χ1) is 14.1. The predicted molar refractivity (Wildman–Crippen MR) is 110 cm³/mol. The Morgan fingerprint density at radius 3 is 2.69 bits per heavy atom. The number of carbonyl (C=O) groups is 1. The van der Waals surface area contributed by atoms with Crippen LogP contribution in [0.3, 0.4) is 0 Å². The standard InChI is InChI=1S/C22H18N4O3/c1-28-13-9-16(21(29-2)24-10-13)14-7-4-8-15-19(23)18-17(25-20(14)15)11-26(22(18)27)12-5-3-6-12/h3-10H,11H2,1-2H3,(H2,23,25). The highest BCUT2D eigenvalue weighted by molar-refractivity contribution is 6.12. The summed E-state index contributed by atoms with van der Waals surface area (Å²) >= 11 is 0. The first kappa shape index (κ1) is 17.2. The van der Waals surface area contributed by atoms with Gasteiger partial charge in [0.25, 0.3) is 5.91 Å². The van der Waals surface area contributed by atoms with Crippen LogP contribution in [0.25, 0.3) is 22.0 Å². The monoisotopic (exact) mass is 386 g/mol. The zero-order chi connectivity index (χ0) is 20.1. The van der Waals surface area contributed by atoms with E-state index in [4.69, 9.17) is 20.2 Å². The molecule has 0 unspecified atom stereocenters. The number of methoxy groups -OCH3 is 2. The van der Waals surface area contributed by atoms with Gasteiger partial charge in [-0.15, -0.1) is 0 Å². The highest BCUT2D eigenvalue weighted by Gasteiger charge is 2.34. The number of para-hydroxylation sites is 1. The molecule has 3 aromatic rings. The van der Waals surface area contributed by atoms with E-state index in [9.17, 15) is 4.79 Å². The van der Waals surface area contributed by atoms with Crippen molar-refractivity contribution < 1.29 is 14.3 Å². The van der Waals surface area contributed by atoms with Gasteiger partial charge in [-0.3, -0.25) is 4.79 Å². The highest BCUT2D eigenvalue weighted by Crippen LogP contribution is 2.40. The maximum absolute atomic E-state index is 12.9. The van der Waals surface area contributed by atoms with Crippen molar-refractivity contribution in [1.82, 2.24) is 14.9 Å². The number of aromatic nitrogens is 2. The molecule has 3 heterocycles. The minimum Gasteiger partial charge on any atom is -0.495 e. The van der Waals surface area contributed by atoms with Gasteiger partial charge in [0.05, 0.1) is 49.4 Å². The van der Waals surface area contributed by atoms with E-state index in [1.54, 1.807) is 25.3 Å². The molecule has 7 nitrogen and oxygen atoms in total. The average molecular weight is 386 g/mol. The Hall–Kier alpha value is -3.87. The molecule has 144 valence electrons. The Labute approximate surface area is 167 Å². The lowest BCUT2D eigenvalue weighted by Crippen LogP contribution is -2.24. The number of pyridine rings is 2. The molecule has 2 N–H and O–H groups in total. The van der Waals surface area contributed by atoms with Crippen molar-refractivity contribution in [3.63, 3.8) is 0 Å². The molecular formula is C22H18N4O3. The summed E-state index contributed by atoms with van der Waals surface area (Å²) in [6.45, 7) is 0.395. The summed E-state index contributed by atoms with van der Waals surface area (Å²) in [6.07, 6.45) is 7.30. The van der Waals surface area contributed by atoms with Crippen molar-refractivity contribution in [3.05, 3.63) is 65.6 Å². The Morgan fingerprint density at radius 1 is 1.17 bits per heavy atom. The van der Waals surface area contributed by atoms with E-state index in [1.165, 1.54) is 0 Å². The van der Waals surface area contributed by atoms with Crippen molar-refractivity contribution in [1.29, 1.82) is 0 Å². The van der Waals surface area contributed by atoms with Gasteiger partial charge < -0.3 is 20.1 Å². The smallest absolute Gasteiger partial charge is 0.262 e. The van der Waals surface area contributed by atoms with Crippen molar-refractivity contribution in [2.45, 2.75) is 6.54 Å². The van der Waals surface area contributed by atoms with Crippen molar-refractivity contribution >= 4 is 22.5 Å². The van der Waals surface area contributed by atoms with Crippen molar-refractivity contribution in [3.8, 4) is 22.8 Å². The Bertz CT molecular complexity index is 1250. The summed E-state index contributed by atoms with van der Waals surface area (Å²) in [6, 6.07) is 7.55. The molecule has 0 fully saturated rings. The molecule has 1 aliphatic heterocycles. The lowest BCUT2D eigenvalue weighted by atomic mass is 9.99. The molecular weight excluding hydrogens is 368 g/mol. The molecule has 2 aliphatic rings. The fourth-order valence-electron chi connectivity index (χ4n) is 3.76. The fraction of sp³-hybridized carbons (Fsp3) is 0.136. The van der Waals surface area contributed by atoms with Gasteiger partial charge in [0.1, 0.15) is 5.75 Å². The number of anilines is 1. The molecule has 1 amide bonds. The van der Waals surface area contributed by atoms with Crippen LogP contribution in [0.2, 0.25) is 0 Å². The molecule has 1 aliphatic carbocycles. The molecule has 0 saturated carbocycles. The molecule has 0 saturated heterocycles. The second-order valence-electron chi connectivity index (χ2n) is 6.82. The minimum atomic E-state index is -0.117. The number of nitrogens with zero attached hydrogens (tertiary/aromatic N) is 3. The van der Waals surface area contributed by atoms with Crippen LogP contribution in [0.4, 0.5) is 5.69 Å². The van der Waals surface area contributed by atoms with Gasteiger partial charge in [-0.2, -0.15) is 0 Å². The molecule has 5 rings (SSSR count). The van der Waals surface area contributed by atoms with E-state index in [2.05, 4.69) is 4.98 Å². The molecule has 2 aromatic heterocycles. The molecule has 0 radical (unpaired) electrons. The van der Waals surface area contributed by atoms with Crippen LogP contribution in [0, 0.1) is 0 Å². The Morgan fingerprint density at radius 2 is 2.00 bits per heavy atom. The van der Waals surface area contributed by atoms with E-state index in [0.717, 1.165) is 22.2 Å². The summed E-state index contributed by atoms with van der Waals surface area (Å²) < 4.78 is 10.8. The van der Waals surface area contributed by atoms with Crippen molar-refractivity contribution in [2.24, 2.45) is 0 Å². The largest absolute Gasteiger partial charge is 0.495 e. The maximum atomic E-state index is 12.9. The van der Waals surface area contributed by atoms with Crippen molar-refractivity contribution in [2.75, 3.05) is 20.0 Å². The molecule has 7 heteroatoms. The molecule has 1 aromatic carbocycles. The number of hydrogen-bond acceptors (Lipinski definition) is 6. The lowest BCUT2D eigenvalue weighted by Gasteiger charge is -2.19. The fourth-order valence-corrected chi connectivity index (χ4v) is 3.76. The van der Waals surface area contributed by atoms with Crippen LogP contribution in [0.1, 0.15) is 16.1 Å². The summed E-state index contributed by atoms with van der Waals surface area (Å²) in [5, 5.41) is 0.722. The van der Waals surface area contributed by atoms with E-state index < -0.39 is 0 Å². The van der Waals surface area contributed by atoms with Crippen LogP contribution in [-0.2, 0) is 6.54 Å². The van der Waals surface area contributed by atoms with Gasteiger partial charge in [0, 0.05) is 22.2 Å². The predicted octanol–water partition coefficient (Wildman–Crippen LogP) is 3.31. The third kappa shape index (κ3) is 2.47. The van der Waals surface area contributed by atoms with Gasteiger partial charge in [0.2, 0.25) is 5.88 Å². The van der Waals surface area contributed by atoms with E-state index in [1.807, 2.05) is 42.5 Å². The van der Waals surface area contributed by atoms with Gasteiger partial charge >= 0.3 is 0 Å². The second-order valence-corrected chi connectivity index (χ2v) is 6.82.